The lowest BCUT2D eigenvalue weighted by Crippen LogP contribution is -2.23. The third-order valence-electron chi connectivity index (χ3n) is 4.85. The zero-order chi connectivity index (χ0) is 21.8. The average Bonchev–Trinajstić information content (AvgIpc) is 3.21. The highest BCUT2D eigenvalue weighted by molar-refractivity contribution is 9.10. The smallest absolute Gasteiger partial charge is 0.258 e. The first-order chi connectivity index (χ1) is 15.0. The van der Waals surface area contributed by atoms with Crippen molar-refractivity contribution in [3.63, 3.8) is 0 Å². The number of nitrogens with one attached hydrogen (secondary N) is 2. The summed E-state index contributed by atoms with van der Waals surface area (Å²) < 4.78 is 0.816. The van der Waals surface area contributed by atoms with Crippen LogP contribution in [-0.2, 0) is 0 Å². The molecule has 1 aliphatic rings. The van der Waals surface area contributed by atoms with Crippen molar-refractivity contribution < 1.29 is 9.59 Å². The number of para-hydroxylation sites is 1. The highest BCUT2D eigenvalue weighted by atomic mass is 79.9. The number of nitrogens with zero attached hydrogens (tertiary/aromatic N) is 3. The summed E-state index contributed by atoms with van der Waals surface area (Å²) in [5, 5.41) is 5.57. The van der Waals surface area contributed by atoms with Crippen LogP contribution < -0.4 is 10.6 Å². The number of hydrogen-bond acceptors (Lipinski definition) is 5. The molecule has 2 aromatic carbocycles. The molecule has 8 heteroatoms. The van der Waals surface area contributed by atoms with Crippen molar-refractivity contribution in [3.8, 4) is 0 Å². The highest BCUT2D eigenvalue weighted by Gasteiger charge is 2.17. The van der Waals surface area contributed by atoms with E-state index in [1.807, 2.05) is 19.2 Å². The van der Waals surface area contributed by atoms with E-state index in [1.165, 1.54) is 0 Å². The molecule has 2 heterocycles. The zero-order valence-electron chi connectivity index (χ0n) is 16.8. The average molecular weight is 494 g/mol. The van der Waals surface area contributed by atoms with Gasteiger partial charge in [0.2, 0.25) is 0 Å². The maximum Gasteiger partial charge on any atom is 0.258 e. The largest absolute Gasteiger partial charge is 0.358 e. The van der Waals surface area contributed by atoms with Crippen LogP contribution in [0, 0.1) is 0 Å². The Bertz CT molecular complexity index is 1140. The van der Waals surface area contributed by atoms with Crippen LogP contribution in [-0.4, -0.2) is 47.7 Å². The van der Waals surface area contributed by atoms with Crippen LogP contribution >= 0.6 is 15.9 Å². The SMILES string of the molecule is C.CN1CCN=C1c1ccc(C(=O)Nc2ccccc2C(=O)Nc2ccc(Br)cn2)cc1. The summed E-state index contributed by atoms with van der Waals surface area (Å²) in [5.41, 5.74) is 2.23. The molecule has 164 valence electrons. The van der Waals surface area contributed by atoms with Gasteiger partial charge in [-0.1, -0.05) is 31.7 Å². The molecule has 0 fully saturated rings. The highest BCUT2D eigenvalue weighted by Crippen LogP contribution is 2.19. The fraction of sp³-hybridized carbons (Fsp3) is 0.167. The van der Waals surface area contributed by atoms with Crippen LogP contribution in [0.25, 0.3) is 0 Å². The summed E-state index contributed by atoms with van der Waals surface area (Å²) in [6.07, 6.45) is 1.60. The van der Waals surface area contributed by atoms with Gasteiger partial charge in [-0.05, 0) is 52.3 Å². The molecule has 32 heavy (non-hydrogen) atoms. The van der Waals surface area contributed by atoms with Gasteiger partial charge >= 0.3 is 0 Å². The first-order valence-electron chi connectivity index (χ1n) is 9.70. The summed E-state index contributed by atoms with van der Waals surface area (Å²) in [7, 11) is 2.00. The second kappa shape index (κ2) is 10.2. The third-order valence-corrected chi connectivity index (χ3v) is 5.32. The Morgan fingerprint density at radius 1 is 0.969 bits per heavy atom. The molecule has 0 bridgehead atoms. The Morgan fingerprint density at radius 3 is 2.38 bits per heavy atom. The molecule has 2 N–H and O–H groups in total. The van der Waals surface area contributed by atoms with Gasteiger partial charge in [-0.15, -0.1) is 0 Å². The molecule has 0 saturated heterocycles. The maximum absolute atomic E-state index is 12.8. The summed E-state index contributed by atoms with van der Waals surface area (Å²) in [6, 6.07) is 17.6. The monoisotopic (exact) mass is 493 g/mol. The minimum atomic E-state index is -0.358. The van der Waals surface area contributed by atoms with Gasteiger partial charge in [0.15, 0.2) is 0 Å². The number of likely N-dealkylation sites (N-methyl/N-ethyl adjacent to an activating group) is 1. The number of amides is 2. The lowest BCUT2D eigenvalue weighted by atomic mass is 10.1. The van der Waals surface area contributed by atoms with Crippen molar-refractivity contribution in [1.82, 2.24) is 9.88 Å². The Labute approximate surface area is 195 Å². The summed E-state index contributed by atoms with van der Waals surface area (Å²) in [4.78, 5) is 36.2. The van der Waals surface area contributed by atoms with E-state index in [1.54, 1.807) is 54.7 Å². The number of aromatic nitrogens is 1. The van der Waals surface area contributed by atoms with Crippen molar-refractivity contribution in [2.24, 2.45) is 4.99 Å². The first-order valence-corrected chi connectivity index (χ1v) is 10.5. The Balaban J connectivity index is 0.00000289. The normalized spacial score (nSPS) is 12.6. The molecule has 0 radical (unpaired) electrons. The molecule has 0 unspecified atom stereocenters. The zero-order valence-corrected chi connectivity index (χ0v) is 18.4. The van der Waals surface area contributed by atoms with E-state index in [9.17, 15) is 9.59 Å². The van der Waals surface area contributed by atoms with Gasteiger partial charge in [0.05, 0.1) is 17.8 Å². The maximum atomic E-state index is 12.8. The molecule has 3 aromatic rings. The second-order valence-electron chi connectivity index (χ2n) is 7.02. The number of hydrogen-bond donors (Lipinski definition) is 2. The van der Waals surface area contributed by atoms with Crippen molar-refractivity contribution >= 4 is 45.1 Å². The molecule has 0 spiro atoms. The van der Waals surface area contributed by atoms with Gasteiger partial charge in [0.25, 0.3) is 11.8 Å². The molecular formula is C24H24BrN5O2. The number of pyridine rings is 1. The van der Waals surface area contributed by atoms with E-state index in [-0.39, 0.29) is 19.2 Å². The van der Waals surface area contributed by atoms with E-state index < -0.39 is 0 Å². The Hall–Kier alpha value is -3.52. The van der Waals surface area contributed by atoms with E-state index >= 15 is 0 Å². The summed E-state index contributed by atoms with van der Waals surface area (Å²) in [5.74, 6) is 0.693. The van der Waals surface area contributed by atoms with Crippen LogP contribution in [0.2, 0.25) is 0 Å². The van der Waals surface area contributed by atoms with E-state index in [0.717, 1.165) is 29.0 Å². The number of anilines is 2. The number of carbonyl (C=O) groups excluding carboxylic acids is 2. The van der Waals surface area contributed by atoms with E-state index in [2.05, 4.69) is 41.4 Å². The molecule has 1 aliphatic heterocycles. The topological polar surface area (TPSA) is 86.7 Å². The van der Waals surface area contributed by atoms with E-state index in [4.69, 9.17) is 0 Å². The number of carbonyl (C=O) groups is 2. The van der Waals surface area contributed by atoms with Gasteiger partial charge in [0, 0.05) is 35.4 Å². The van der Waals surface area contributed by atoms with Crippen LogP contribution in [0.4, 0.5) is 11.5 Å². The van der Waals surface area contributed by atoms with Crippen LogP contribution in [0.15, 0.2) is 76.3 Å². The predicted octanol–water partition coefficient (Wildman–Crippen LogP) is 4.68. The lowest BCUT2D eigenvalue weighted by molar-refractivity contribution is 0.102. The van der Waals surface area contributed by atoms with Gasteiger partial charge in [-0.2, -0.15) is 0 Å². The molecule has 0 saturated carbocycles. The molecular weight excluding hydrogens is 470 g/mol. The predicted molar refractivity (Wildman–Crippen MR) is 131 cm³/mol. The van der Waals surface area contributed by atoms with Gasteiger partial charge in [-0.3, -0.25) is 14.6 Å². The van der Waals surface area contributed by atoms with E-state index in [0.29, 0.717) is 22.6 Å². The molecule has 0 aliphatic carbocycles. The summed E-state index contributed by atoms with van der Waals surface area (Å²) in [6.45, 7) is 1.68. The lowest BCUT2D eigenvalue weighted by Gasteiger charge is -2.14. The quantitative estimate of drug-likeness (QED) is 0.540. The minimum absolute atomic E-state index is 0. The number of benzene rings is 2. The van der Waals surface area contributed by atoms with Crippen molar-refractivity contribution in [2.45, 2.75) is 7.43 Å². The van der Waals surface area contributed by atoms with Crippen molar-refractivity contribution in [2.75, 3.05) is 30.8 Å². The van der Waals surface area contributed by atoms with Crippen LogP contribution in [0.3, 0.4) is 0 Å². The molecule has 1 aromatic heterocycles. The Morgan fingerprint density at radius 2 is 1.72 bits per heavy atom. The number of amidine groups is 1. The first kappa shape index (κ1) is 23.1. The third kappa shape index (κ3) is 5.20. The summed E-state index contributed by atoms with van der Waals surface area (Å²) >= 11 is 3.31. The fourth-order valence-electron chi connectivity index (χ4n) is 3.23. The standard InChI is InChI=1S/C23H20BrN5O2.CH4/c1-29-13-12-25-21(29)15-6-8-16(9-7-15)22(30)27-19-5-3-2-4-18(19)23(31)28-20-11-10-17(24)14-26-20;/h2-11,14H,12-13H2,1H3,(H,27,30)(H,26,28,31);1H4. The van der Waals surface area contributed by atoms with Crippen LogP contribution in [0.5, 0.6) is 0 Å². The second-order valence-corrected chi connectivity index (χ2v) is 7.94. The molecule has 2 amide bonds. The fourth-order valence-corrected chi connectivity index (χ4v) is 3.47. The van der Waals surface area contributed by atoms with Crippen molar-refractivity contribution in [3.05, 3.63) is 88.0 Å². The molecule has 0 atom stereocenters. The molecule has 7 nitrogen and oxygen atoms in total. The Kier molecular flexibility index (Phi) is 7.37. The molecule has 4 rings (SSSR count). The number of rotatable bonds is 5. The number of aliphatic imine (C=N–C) groups is 1. The van der Waals surface area contributed by atoms with Gasteiger partial charge in [0.1, 0.15) is 11.7 Å². The van der Waals surface area contributed by atoms with Gasteiger partial charge in [-0.25, -0.2) is 4.98 Å². The minimum Gasteiger partial charge on any atom is -0.358 e. The van der Waals surface area contributed by atoms with Crippen molar-refractivity contribution in [1.29, 1.82) is 0 Å². The van der Waals surface area contributed by atoms with Gasteiger partial charge < -0.3 is 15.5 Å². The number of halogens is 1. The van der Waals surface area contributed by atoms with Crippen LogP contribution in [0.1, 0.15) is 33.7 Å².